The smallest absolute Gasteiger partial charge is 0.360 e. The van der Waals surface area contributed by atoms with Gasteiger partial charge in [0.25, 0.3) is 5.91 Å². The Morgan fingerprint density at radius 3 is 2.26 bits per heavy atom. The molecule has 1 fully saturated rings. The van der Waals surface area contributed by atoms with Gasteiger partial charge in [0.15, 0.2) is 5.75 Å². The second-order valence-corrected chi connectivity index (χ2v) is 10.6. The molecule has 0 aromatic heterocycles. The van der Waals surface area contributed by atoms with Crippen LogP contribution in [0.1, 0.15) is 80.4 Å². The number of hydroxylamine groups is 2. The highest BCUT2D eigenvalue weighted by atomic mass is 16.7. The van der Waals surface area contributed by atoms with Gasteiger partial charge in [-0.2, -0.15) is 0 Å². The SMILES string of the molecule is CCCC(c1ccc(C)cc1)N(Oc1ccccc1C(=O)NC)C(=O)N1C(=O)C(CC)(CC)C1CCN(C)C. The van der Waals surface area contributed by atoms with Crippen molar-refractivity contribution in [2.24, 2.45) is 5.41 Å². The van der Waals surface area contributed by atoms with E-state index in [1.54, 1.807) is 31.3 Å². The number of benzene rings is 2. The van der Waals surface area contributed by atoms with Crippen molar-refractivity contribution in [2.45, 2.75) is 71.9 Å². The fraction of sp³-hybridized carbons (Fsp3) is 0.516. The molecule has 0 saturated carbocycles. The lowest BCUT2D eigenvalue weighted by Crippen LogP contribution is -2.72. The predicted octanol–water partition coefficient (Wildman–Crippen LogP) is 5.58. The Balaban J connectivity index is 2.10. The topological polar surface area (TPSA) is 82.2 Å². The third-order valence-corrected chi connectivity index (χ3v) is 7.96. The van der Waals surface area contributed by atoms with Crippen molar-refractivity contribution in [1.82, 2.24) is 20.2 Å². The lowest BCUT2D eigenvalue weighted by atomic mass is 9.65. The molecule has 39 heavy (non-hydrogen) atoms. The molecule has 0 bridgehead atoms. The van der Waals surface area contributed by atoms with Gasteiger partial charge in [-0.05, 0) is 70.9 Å². The highest BCUT2D eigenvalue weighted by molar-refractivity contribution is 6.03. The summed E-state index contributed by atoms with van der Waals surface area (Å²) in [7, 11) is 5.54. The van der Waals surface area contributed by atoms with Crippen molar-refractivity contribution >= 4 is 17.8 Å². The van der Waals surface area contributed by atoms with Crippen LogP contribution in [-0.2, 0) is 4.79 Å². The molecule has 3 rings (SSSR count). The van der Waals surface area contributed by atoms with E-state index in [0.717, 1.165) is 24.1 Å². The zero-order valence-electron chi connectivity index (χ0n) is 24.5. The first-order valence-electron chi connectivity index (χ1n) is 14.0. The number of aryl methyl sites for hydroxylation is 1. The summed E-state index contributed by atoms with van der Waals surface area (Å²) in [5.74, 6) is -0.220. The number of nitrogens with one attached hydrogen (secondary N) is 1. The average molecular weight is 537 g/mol. The summed E-state index contributed by atoms with van der Waals surface area (Å²) in [6, 6.07) is 13.7. The van der Waals surface area contributed by atoms with E-state index in [2.05, 4.69) is 17.1 Å². The number of likely N-dealkylation sites (tertiary alicyclic amines) is 1. The fourth-order valence-corrected chi connectivity index (χ4v) is 5.53. The lowest BCUT2D eigenvalue weighted by Gasteiger charge is -2.55. The van der Waals surface area contributed by atoms with Crippen LogP contribution in [0.5, 0.6) is 5.75 Å². The van der Waals surface area contributed by atoms with E-state index in [1.165, 1.54) is 9.96 Å². The van der Waals surface area contributed by atoms with E-state index < -0.39 is 17.5 Å². The highest BCUT2D eigenvalue weighted by Gasteiger charge is 2.61. The molecular formula is C31H44N4O4. The van der Waals surface area contributed by atoms with Gasteiger partial charge in [-0.25, -0.2) is 4.79 Å². The minimum absolute atomic E-state index is 0.159. The Morgan fingerprint density at radius 1 is 1.05 bits per heavy atom. The molecule has 212 valence electrons. The minimum atomic E-state index is -0.568. The van der Waals surface area contributed by atoms with Gasteiger partial charge in [-0.3, -0.25) is 14.5 Å². The molecule has 8 nitrogen and oxygen atoms in total. The Kier molecular flexibility index (Phi) is 10.1. The molecule has 1 N–H and O–H groups in total. The number of nitrogens with zero attached hydrogens (tertiary/aromatic N) is 3. The zero-order chi connectivity index (χ0) is 28.7. The number of β-lactam (4-membered cyclic amide) rings is 1. The van der Waals surface area contributed by atoms with Gasteiger partial charge in [-0.15, -0.1) is 5.06 Å². The number of amides is 4. The van der Waals surface area contributed by atoms with Crippen molar-refractivity contribution in [3.8, 4) is 5.75 Å². The molecule has 2 aromatic rings. The van der Waals surface area contributed by atoms with Gasteiger partial charge in [0.1, 0.15) is 0 Å². The quantitative estimate of drug-likeness (QED) is 0.283. The molecule has 2 unspecified atom stereocenters. The van der Waals surface area contributed by atoms with Crippen LogP contribution in [0, 0.1) is 12.3 Å². The number of urea groups is 1. The second kappa shape index (κ2) is 13.1. The van der Waals surface area contributed by atoms with E-state index in [9.17, 15) is 14.4 Å². The number of para-hydroxylation sites is 1. The molecule has 0 spiro atoms. The maximum absolute atomic E-state index is 14.4. The minimum Gasteiger partial charge on any atom is -0.374 e. The third-order valence-electron chi connectivity index (χ3n) is 7.96. The summed E-state index contributed by atoms with van der Waals surface area (Å²) in [5.41, 5.74) is 1.76. The first-order valence-corrected chi connectivity index (χ1v) is 14.0. The number of imide groups is 1. The van der Waals surface area contributed by atoms with Gasteiger partial charge in [0.2, 0.25) is 5.91 Å². The summed E-state index contributed by atoms with van der Waals surface area (Å²) in [6.07, 6.45) is 3.42. The molecule has 1 saturated heterocycles. The Hall–Kier alpha value is -3.39. The van der Waals surface area contributed by atoms with Crippen molar-refractivity contribution in [2.75, 3.05) is 27.7 Å². The summed E-state index contributed by atoms with van der Waals surface area (Å²) in [5, 5.41) is 3.96. The fourth-order valence-electron chi connectivity index (χ4n) is 5.53. The maximum Gasteiger partial charge on any atom is 0.360 e. The largest absolute Gasteiger partial charge is 0.374 e. The van der Waals surface area contributed by atoms with Crippen LogP contribution in [0.2, 0.25) is 0 Å². The van der Waals surface area contributed by atoms with E-state index in [-0.39, 0.29) is 23.6 Å². The van der Waals surface area contributed by atoms with Gasteiger partial charge in [-0.1, -0.05) is 69.2 Å². The predicted molar refractivity (Wildman–Crippen MR) is 153 cm³/mol. The van der Waals surface area contributed by atoms with E-state index in [1.807, 2.05) is 59.1 Å². The average Bonchev–Trinajstić information content (AvgIpc) is 2.93. The third kappa shape index (κ3) is 6.11. The Labute approximate surface area is 233 Å². The molecule has 0 radical (unpaired) electrons. The molecule has 0 aliphatic carbocycles. The van der Waals surface area contributed by atoms with Crippen LogP contribution in [-0.4, -0.2) is 66.4 Å². The van der Waals surface area contributed by atoms with Gasteiger partial charge in [0, 0.05) is 7.05 Å². The zero-order valence-corrected chi connectivity index (χ0v) is 24.5. The van der Waals surface area contributed by atoms with Gasteiger partial charge < -0.3 is 15.1 Å². The normalized spacial score (nSPS) is 17.0. The standard InChI is InChI=1S/C31H44N4O4/c1-8-13-25(23-18-16-22(4)17-19-23)35(39-26-15-12-11-14-24(26)28(36)32-5)30(38)34-27(20-21-33(6)7)31(9-2,10-3)29(34)37/h11-12,14-19,25,27H,8-10,13,20-21H2,1-7H3,(H,32,36). The van der Waals surface area contributed by atoms with Crippen LogP contribution in [0.25, 0.3) is 0 Å². The molecule has 1 aliphatic heterocycles. The maximum atomic E-state index is 14.4. The molecule has 8 heteroatoms. The van der Waals surface area contributed by atoms with E-state index in [4.69, 9.17) is 4.84 Å². The van der Waals surface area contributed by atoms with Crippen molar-refractivity contribution in [3.63, 3.8) is 0 Å². The lowest BCUT2D eigenvalue weighted by molar-refractivity contribution is -0.173. The first-order chi connectivity index (χ1) is 18.6. The first kappa shape index (κ1) is 30.2. The Morgan fingerprint density at radius 2 is 1.69 bits per heavy atom. The molecule has 1 aliphatic rings. The number of carbonyl (C=O) groups is 3. The van der Waals surface area contributed by atoms with Crippen molar-refractivity contribution in [3.05, 3.63) is 65.2 Å². The molecule has 2 aromatic carbocycles. The molecule has 4 amide bonds. The van der Waals surface area contributed by atoms with Crippen LogP contribution in [0.4, 0.5) is 4.79 Å². The van der Waals surface area contributed by atoms with E-state index in [0.29, 0.717) is 31.2 Å². The second-order valence-electron chi connectivity index (χ2n) is 10.6. The molecule has 1 heterocycles. The number of carbonyl (C=O) groups excluding carboxylic acids is 3. The summed E-state index contributed by atoms with van der Waals surface area (Å²) < 4.78 is 0. The highest BCUT2D eigenvalue weighted by Crippen LogP contribution is 2.48. The van der Waals surface area contributed by atoms with Crippen LogP contribution >= 0.6 is 0 Å². The number of hydrogen-bond acceptors (Lipinski definition) is 5. The Bertz CT molecular complexity index is 1140. The summed E-state index contributed by atoms with van der Waals surface area (Å²) in [4.78, 5) is 50.6. The van der Waals surface area contributed by atoms with Crippen LogP contribution in [0.3, 0.4) is 0 Å². The van der Waals surface area contributed by atoms with Gasteiger partial charge >= 0.3 is 6.03 Å². The molecule has 2 atom stereocenters. The van der Waals surface area contributed by atoms with Crippen LogP contribution in [0.15, 0.2) is 48.5 Å². The molecular weight excluding hydrogens is 492 g/mol. The monoisotopic (exact) mass is 536 g/mol. The summed E-state index contributed by atoms with van der Waals surface area (Å²) >= 11 is 0. The number of rotatable bonds is 12. The summed E-state index contributed by atoms with van der Waals surface area (Å²) in [6.45, 7) is 8.86. The van der Waals surface area contributed by atoms with Crippen molar-refractivity contribution < 1.29 is 19.2 Å². The van der Waals surface area contributed by atoms with Gasteiger partial charge in [0.05, 0.1) is 23.1 Å². The van der Waals surface area contributed by atoms with Crippen LogP contribution < -0.4 is 10.2 Å². The van der Waals surface area contributed by atoms with Crippen molar-refractivity contribution in [1.29, 1.82) is 0 Å². The van der Waals surface area contributed by atoms with E-state index >= 15 is 0 Å². The number of hydrogen-bond donors (Lipinski definition) is 1.